The SMILES string of the molecule is C=C(C)/C=C\C(=C/CC)C(=O)N(C)CC(C)C. The molecule has 0 aliphatic rings. The second-order valence-electron chi connectivity index (χ2n) is 4.83. The Kier molecular flexibility index (Phi) is 7.27. The molecule has 0 aromatic carbocycles. The first-order valence-electron chi connectivity index (χ1n) is 6.17. The highest BCUT2D eigenvalue weighted by Crippen LogP contribution is 2.08. The molecule has 0 spiro atoms. The van der Waals surface area contributed by atoms with E-state index < -0.39 is 0 Å². The van der Waals surface area contributed by atoms with Gasteiger partial charge in [0.25, 0.3) is 5.91 Å². The van der Waals surface area contributed by atoms with Crippen LogP contribution in [0.25, 0.3) is 0 Å². The predicted molar refractivity (Wildman–Crippen MR) is 74.8 cm³/mol. The molecule has 0 aliphatic carbocycles. The number of likely N-dealkylation sites (N-methyl/N-ethyl adjacent to an activating group) is 1. The van der Waals surface area contributed by atoms with E-state index in [0.29, 0.717) is 5.92 Å². The van der Waals surface area contributed by atoms with Gasteiger partial charge in [-0.2, -0.15) is 0 Å². The van der Waals surface area contributed by atoms with Gasteiger partial charge in [-0.1, -0.05) is 45.1 Å². The Bertz CT molecular complexity index is 324. The quantitative estimate of drug-likeness (QED) is 0.509. The van der Waals surface area contributed by atoms with Gasteiger partial charge >= 0.3 is 0 Å². The number of allylic oxidation sites excluding steroid dienone is 3. The Morgan fingerprint density at radius 3 is 2.35 bits per heavy atom. The summed E-state index contributed by atoms with van der Waals surface area (Å²) in [5.74, 6) is 0.565. The fourth-order valence-electron chi connectivity index (χ4n) is 1.53. The molecule has 17 heavy (non-hydrogen) atoms. The summed E-state index contributed by atoms with van der Waals surface area (Å²) in [4.78, 5) is 13.9. The minimum atomic E-state index is 0.0815. The van der Waals surface area contributed by atoms with E-state index in [9.17, 15) is 4.79 Å². The van der Waals surface area contributed by atoms with E-state index in [4.69, 9.17) is 0 Å². The van der Waals surface area contributed by atoms with Crippen LogP contribution in [0.5, 0.6) is 0 Å². The summed E-state index contributed by atoms with van der Waals surface area (Å²) in [5, 5.41) is 0. The van der Waals surface area contributed by atoms with Gasteiger partial charge in [-0.05, 0) is 25.3 Å². The van der Waals surface area contributed by atoms with Crippen LogP contribution >= 0.6 is 0 Å². The van der Waals surface area contributed by atoms with Crippen LogP contribution in [0.2, 0.25) is 0 Å². The third-order valence-electron chi connectivity index (χ3n) is 2.20. The maximum absolute atomic E-state index is 12.2. The molecule has 0 atom stereocenters. The predicted octanol–water partition coefficient (Wildman–Crippen LogP) is 3.57. The maximum Gasteiger partial charge on any atom is 0.253 e. The van der Waals surface area contributed by atoms with Crippen molar-refractivity contribution in [2.75, 3.05) is 13.6 Å². The van der Waals surface area contributed by atoms with Gasteiger partial charge in [-0.3, -0.25) is 4.79 Å². The highest BCUT2D eigenvalue weighted by molar-refractivity contribution is 5.96. The summed E-state index contributed by atoms with van der Waals surface area (Å²) >= 11 is 0. The highest BCUT2D eigenvalue weighted by atomic mass is 16.2. The van der Waals surface area contributed by atoms with E-state index in [1.807, 2.05) is 39.1 Å². The molecule has 0 aliphatic heterocycles. The summed E-state index contributed by atoms with van der Waals surface area (Å²) in [6.45, 7) is 12.7. The fourth-order valence-corrected chi connectivity index (χ4v) is 1.53. The smallest absolute Gasteiger partial charge is 0.253 e. The molecular formula is C15H25NO. The number of rotatable bonds is 6. The first-order valence-corrected chi connectivity index (χ1v) is 6.17. The van der Waals surface area contributed by atoms with Crippen molar-refractivity contribution >= 4 is 5.91 Å². The van der Waals surface area contributed by atoms with Crippen molar-refractivity contribution in [1.29, 1.82) is 0 Å². The second kappa shape index (κ2) is 7.88. The summed E-state index contributed by atoms with van der Waals surface area (Å²) in [6, 6.07) is 0. The minimum absolute atomic E-state index is 0.0815. The number of hydrogen-bond donors (Lipinski definition) is 0. The molecule has 0 rings (SSSR count). The van der Waals surface area contributed by atoms with Crippen molar-refractivity contribution in [2.45, 2.75) is 34.1 Å². The van der Waals surface area contributed by atoms with Crippen molar-refractivity contribution in [3.05, 3.63) is 36.0 Å². The van der Waals surface area contributed by atoms with Gasteiger partial charge in [-0.25, -0.2) is 0 Å². The Labute approximate surface area is 106 Å². The molecule has 0 radical (unpaired) electrons. The lowest BCUT2D eigenvalue weighted by Gasteiger charge is -2.20. The van der Waals surface area contributed by atoms with E-state index in [1.165, 1.54) is 0 Å². The van der Waals surface area contributed by atoms with Crippen LogP contribution in [0.1, 0.15) is 34.1 Å². The first-order chi connectivity index (χ1) is 7.88. The molecule has 0 N–H and O–H groups in total. The summed E-state index contributed by atoms with van der Waals surface area (Å²) in [5.41, 5.74) is 1.70. The monoisotopic (exact) mass is 235 g/mol. The topological polar surface area (TPSA) is 20.3 Å². The summed E-state index contributed by atoms with van der Waals surface area (Å²) in [7, 11) is 1.85. The number of hydrogen-bond acceptors (Lipinski definition) is 1. The lowest BCUT2D eigenvalue weighted by Crippen LogP contribution is -2.31. The van der Waals surface area contributed by atoms with Crippen LogP contribution in [0.3, 0.4) is 0 Å². The van der Waals surface area contributed by atoms with E-state index in [1.54, 1.807) is 4.90 Å². The Morgan fingerprint density at radius 2 is 1.94 bits per heavy atom. The summed E-state index contributed by atoms with van der Waals surface area (Å²) < 4.78 is 0. The third-order valence-corrected chi connectivity index (χ3v) is 2.20. The van der Waals surface area contributed by atoms with Gasteiger partial charge in [-0.15, -0.1) is 0 Å². The van der Waals surface area contributed by atoms with Crippen molar-refractivity contribution in [2.24, 2.45) is 5.92 Å². The fraction of sp³-hybridized carbons (Fsp3) is 0.533. The highest BCUT2D eigenvalue weighted by Gasteiger charge is 2.12. The maximum atomic E-state index is 12.2. The second-order valence-corrected chi connectivity index (χ2v) is 4.83. The molecule has 0 aromatic heterocycles. The number of amides is 1. The van der Waals surface area contributed by atoms with E-state index in [0.717, 1.165) is 24.1 Å². The number of nitrogens with zero attached hydrogens (tertiary/aromatic N) is 1. The average Bonchev–Trinajstić information content (AvgIpc) is 2.21. The summed E-state index contributed by atoms with van der Waals surface area (Å²) in [6.07, 6.45) is 6.54. The van der Waals surface area contributed by atoms with Gasteiger partial charge in [0.15, 0.2) is 0 Å². The van der Waals surface area contributed by atoms with Gasteiger partial charge in [0.1, 0.15) is 0 Å². The lowest BCUT2D eigenvalue weighted by atomic mass is 10.1. The zero-order valence-corrected chi connectivity index (χ0v) is 11.8. The molecule has 0 fully saturated rings. The standard InChI is InChI=1S/C15H25NO/c1-7-8-14(10-9-12(2)3)15(17)16(6)11-13(4)5/h8-10,13H,2,7,11H2,1,3-6H3/b10-9-,14-8+. The molecular weight excluding hydrogens is 210 g/mol. The Hall–Kier alpha value is -1.31. The Morgan fingerprint density at radius 1 is 1.35 bits per heavy atom. The van der Waals surface area contributed by atoms with Crippen molar-refractivity contribution in [3.63, 3.8) is 0 Å². The molecule has 0 bridgehead atoms. The minimum Gasteiger partial charge on any atom is -0.341 e. The van der Waals surface area contributed by atoms with Gasteiger partial charge in [0.2, 0.25) is 0 Å². The normalized spacial score (nSPS) is 12.2. The molecule has 0 unspecified atom stereocenters. The first kappa shape index (κ1) is 15.7. The number of carbonyl (C=O) groups excluding carboxylic acids is 1. The molecule has 2 heteroatoms. The van der Waals surface area contributed by atoms with Gasteiger partial charge in [0.05, 0.1) is 0 Å². The van der Waals surface area contributed by atoms with E-state index in [-0.39, 0.29) is 5.91 Å². The molecule has 0 saturated heterocycles. The number of carbonyl (C=O) groups is 1. The molecule has 96 valence electrons. The van der Waals surface area contributed by atoms with Crippen LogP contribution in [-0.4, -0.2) is 24.4 Å². The van der Waals surface area contributed by atoms with Crippen molar-refractivity contribution < 1.29 is 4.79 Å². The van der Waals surface area contributed by atoms with Crippen molar-refractivity contribution in [3.8, 4) is 0 Å². The van der Waals surface area contributed by atoms with Crippen LogP contribution < -0.4 is 0 Å². The van der Waals surface area contributed by atoms with E-state index >= 15 is 0 Å². The lowest BCUT2D eigenvalue weighted by molar-refractivity contribution is -0.126. The zero-order valence-electron chi connectivity index (χ0n) is 11.8. The largest absolute Gasteiger partial charge is 0.341 e. The van der Waals surface area contributed by atoms with E-state index in [2.05, 4.69) is 20.4 Å². The van der Waals surface area contributed by atoms with Crippen LogP contribution in [0.4, 0.5) is 0 Å². The molecule has 0 saturated carbocycles. The van der Waals surface area contributed by atoms with Crippen LogP contribution in [-0.2, 0) is 4.79 Å². The molecule has 0 aromatic rings. The molecule has 2 nitrogen and oxygen atoms in total. The zero-order chi connectivity index (χ0) is 13.4. The van der Waals surface area contributed by atoms with Gasteiger partial charge < -0.3 is 4.90 Å². The van der Waals surface area contributed by atoms with Crippen LogP contribution in [0.15, 0.2) is 36.0 Å². The van der Waals surface area contributed by atoms with Crippen molar-refractivity contribution in [1.82, 2.24) is 4.90 Å². The van der Waals surface area contributed by atoms with Gasteiger partial charge in [0, 0.05) is 19.2 Å². The van der Waals surface area contributed by atoms with Crippen LogP contribution in [0, 0.1) is 5.92 Å². The molecule has 1 amide bonds. The average molecular weight is 235 g/mol. The Balaban J connectivity index is 4.78. The molecule has 0 heterocycles. The third kappa shape index (κ3) is 6.77.